The van der Waals surface area contributed by atoms with E-state index in [1.165, 1.54) is 24.0 Å². The van der Waals surface area contributed by atoms with E-state index in [1.807, 2.05) is 40.0 Å². The van der Waals surface area contributed by atoms with Crippen molar-refractivity contribution in [1.29, 1.82) is 0 Å². The number of anilines is 3. The number of hydrogen-bond acceptors (Lipinski definition) is 8. The van der Waals surface area contributed by atoms with E-state index >= 15 is 0 Å². The zero-order valence-electron chi connectivity index (χ0n) is 28.7. The summed E-state index contributed by atoms with van der Waals surface area (Å²) in [6, 6.07) is 8.76. The summed E-state index contributed by atoms with van der Waals surface area (Å²) in [7, 11) is 0. The molecule has 2 fully saturated rings. The number of carboxylic acid groups (broad SMARTS) is 1. The first-order valence-corrected chi connectivity index (χ1v) is 16.9. The lowest BCUT2D eigenvalue weighted by Crippen LogP contribution is -2.39. The molecule has 0 aliphatic carbocycles. The van der Waals surface area contributed by atoms with E-state index in [0.717, 1.165) is 92.8 Å². The van der Waals surface area contributed by atoms with Crippen LogP contribution in [0.2, 0.25) is 0 Å². The van der Waals surface area contributed by atoms with Gasteiger partial charge < -0.3 is 24.5 Å². The van der Waals surface area contributed by atoms with Crippen LogP contribution in [-0.2, 0) is 22.5 Å². The number of rotatable bonds is 7. The van der Waals surface area contributed by atoms with Crippen molar-refractivity contribution >= 4 is 23.4 Å². The SMILES string of the molecule is Cc1nc(C)c([C@H](OC(C)(C)C)C(=O)O)c(N2CCC(C)(C)CC2)c1-c1ccc2c(c1)CCN(c1ccnc(N3CCCC3)n1)C2. The predicted octanol–water partition coefficient (Wildman–Crippen LogP) is 6.89. The number of fused-ring (bicyclic) bond motifs is 1. The van der Waals surface area contributed by atoms with Crippen molar-refractivity contribution in [3.63, 3.8) is 0 Å². The number of pyridine rings is 1. The molecule has 3 aliphatic heterocycles. The van der Waals surface area contributed by atoms with Crippen LogP contribution in [0.4, 0.5) is 17.5 Å². The van der Waals surface area contributed by atoms with Gasteiger partial charge in [0.15, 0.2) is 6.10 Å². The maximum absolute atomic E-state index is 12.8. The Balaban J connectivity index is 1.39. The number of piperidine rings is 1. The molecule has 246 valence electrons. The average Bonchev–Trinajstić information content (AvgIpc) is 3.54. The first kappa shape index (κ1) is 32.2. The van der Waals surface area contributed by atoms with E-state index in [-0.39, 0.29) is 5.41 Å². The smallest absolute Gasteiger partial charge is 0.337 e. The summed E-state index contributed by atoms with van der Waals surface area (Å²) in [6.45, 7) is 19.8. The predicted molar refractivity (Wildman–Crippen MR) is 184 cm³/mol. The minimum absolute atomic E-state index is 0.249. The first-order chi connectivity index (χ1) is 21.8. The Bertz CT molecular complexity index is 1600. The number of nitrogens with zero attached hydrogens (tertiary/aromatic N) is 6. The molecule has 3 aliphatic rings. The van der Waals surface area contributed by atoms with E-state index < -0.39 is 17.7 Å². The monoisotopic (exact) mass is 626 g/mol. The molecule has 1 aromatic carbocycles. The van der Waals surface area contributed by atoms with Gasteiger partial charge in [0, 0.05) is 68.0 Å². The fourth-order valence-electron chi connectivity index (χ4n) is 7.24. The highest BCUT2D eigenvalue weighted by Gasteiger charge is 2.36. The third-order valence-corrected chi connectivity index (χ3v) is 9.82. The normalized spacial score (nSPS) is 18.9. The molecule has 9 heteroatoms. The average molecular weight is 627 g/mol. The molecule has 0 unspecified atom stereocenters. The Morgan fingerprint density at radius 3 is 2.30 bits per heavy atom. The van der Waals surface area contributed by atoms with Gasteiger partial charge in [-0.15, -0.1) is 0 Å². The molecular formula is C37H50N6O3. The fourth-order valence-corrected chi connectivity index (χ4v) is 7.24. The third kappa shape index (κ3) is 6.70. The van der Waals surface area contributed by atoms with Crippen molar-refractivity contribution < 1.29 is 14.6 Å². The number of hydrogen-bond donors (Lipinski definition) is 1. The van der Waals surface area contributed by atoms with Gasteiger partial charge in [-0.1, -0.05) is 32.0 Å². The van der Waals surface area contributed by atoms with Crippen LogP contribution in [-0.4, -0.2) is 64.4 Å². The summed E-state index contributed by atoms with van der Waals surface area (Å²) in [5.41, 5.74) is 7.56. The molecule has 6 rings (SSSR count). The molecule has 2 aromatic heterocycles. The van der Waals surface area contributed by atoms with E-state index in [9.17, 15) is 9.90 Å². The van der Waals surface area contributed by atoms with Crippen molar-refractivity contribution in [3.8, 4) is 11.1 Å². The van der Waals surface area contributed by atoms with Crippen molar-refractivity contribution in [2.24, 2.45) is 5.41 Å². The van der Waals surface area contributed by atoms with E-state index in [0.29, 0.717) is 11.3 Å². The summed E-state index contributed by atoms with van der Waals surface area (Å²) < 4.78 is 6.27. The number of ether oxygens (including phenoxy) is 1. The number of aryl methyl sites for hydroxylation is 2. The molecule has 0 spiro atoms. The topological polar surface area (TPSA) is 94.9 Å². The second-order valence-corrected chi connectivity index (χ2v) is 15.1. The Labute approximate surface area is 274 Å². The van der Waals surface area contributed by atoms with Crippen LogP contribution in [0.3, 0.4) is 0 Å². The molecule has 0 radical (unpaired) electrons. The van der Waals surface area contributed by atoms with E-state index in [4.69, 9.17) is 14.7 Å². The second-order valence-electron chi connectivity index (χ2n) is 15.1. The van der Waals surface area contributed by atoms with Crippen LogP contribution < -0.4 is 14.7 Å². The summed E-state index contributed by atoms with van der Waals surface area (Å²) in [4.78, 5) is 34.3. The maximum Gasteiger partial charge on any atom is 0.337 e. The summed E-state index contributed by atoms with van der Waals surface area (Å²) in [5, 5.41) is 10.5. The standard InChI is InChI=1S/C37H50N6O3/c1-24-30(32(41-20-14-37(6,7)15-21-41)31(25(2)39-24)33(34(44)45)46-36(3,4)5)27-10-11-28-23-43(19-13-26(28)22-27)29-12-16-38-35(40-29)42-17-8-9-18-42/h10-12,16,22,33H,8-9,13-15,17-21,23H2,1-7H3,(H,44,45)/t33-/m0/s1. The van der Waals surface area contributed by atoms with Gasteiger partial charge in [-0.2, -0.15) is 4.98 Å². The number of aromatic nitrogens is 3. The van der Waals surface area contributed by atoms with Gasteiger partial charge in [-0.25, -0.2) is 9.78 Å². The number of carboxylic acids is 1. The van der Waals surface area contributed by atoms with Crippen LogP contribution in [0.1, 0.15) is 94.5 Å². The van der Waals surface area contributed by atoms with Crippen molar-refractivity contribution in [1.82, 2.24) is 15.0 Å². The van der Waals surface area contributed by atoms with Gasteiger partial charge in [0.25, 0.3) is 0 Å². The second kappa shape index (κ2) is 12.5. The lowest BCUT2D eigenvalue weighted by atomic mass is 9.81. The van der Waals surface area contributed by atoms with Gasteiger partial charge in [-0.05, 0) is 94.9 Å². The van der Waals surface area contributed by atoms with Crippen molar-refractivity contribution in [2.75, 3.05) is 47.4 Å². The van der Waals surface area contributed by atoms with Crippen LogP contribution >= 0.6 is 0 Å². The van der Waals surface area contributed by atoms with Gasteiger partial charge in [0.2, 0.25) is 5.95 Å². The molecule has 0 saturated carbocycles. The Kier molecular flexibility index (Phi) is 8.74. The summed E-state index contributed by atoms with van der Waals surface area (Å²) in [6.07, 6.45) is 6.12. The molecule has 0 amide bonds. The van der Waals surface area contributed by atoms with E-state index in [1.54, 1.807) is 0 Å². The zero-order valence-corrected chi connectivity index (χ0v) is 28.7. The quantitative estimate of drug-likeness (QED) is 0.301. The number of carbonyl (C=O) groups is 1. The summed E-state index contributed by atoms with van der Waals surface area (Å²) in [5.74, 6) is 0.818. The van der Waals surface area contributed by atoms with Gasteiger partial charge in [-0.3, -0.25) is 4.98 Å². The van der Waals surface area contributed by atoms with Crippen molar-refractivity contribution in [2.45, 2.75) is 98.8 Å². The Morgan fingerprint density at radius 2 is 1.63 bits per heavy atom. The molecule has 5 heterocycles. The molecule has 1 atom stereocenters. The Morgan fingerprint density at radius 1 is 0.913 bits per heavy atom. The minimum Gasteiger partial charge on any atom is -0.479 e. The van der Waals surface area contributed by atoms with Crippen LogP contribution in [0.25, 0.3) is 11.1 Å². The minimum atomic E-state index is -1.12. The molecule has 0 bridgehead atoms. The van der Waals surface area contributed by atoms with Gasteiger partial charge >= 0.3 is 5.97 Å². The molecule has 9 nitrogen and oxygen atoms in total. The molecular weight excluding hydrogens is 576 g/mol. The summed E-state index contributed by atoms with van der Waals surface area (Å²) >= 11 is 0. The Hall–Kier alpha value is -3.72. The molecule has 2 saturated heterocycles. The van der Waals surface area contributed by atoms with Crippen LogP contribution in [0.5, 0.6) is 0 Å². The van der Waals surface area contributed by atoms with Crippen LogP contribution in [0, 0.1) is 19.3 Å². The number of aliphatic carboxylic acids is 1. The van der Waals surface area contributed by atoms with Crippen LogP contribution in [0.15, 0.2) is 30.5 Å². The lowest BCUT2D eigenvalue weighted by molar-refractivity contribution is -0.160. The highest BCUT2D eigenvalue weighted by atomic mass is 16.5. The highest BCUT2D eigenvalue weighted by molar-refractivity contribution is 5.88. The van der Waals surface area contributed by atoms with Crippen molar-refractivity contribution in [3.05, 3.63) is 58.5 Å². The third-order valence-electron chi connectivity index (χ3n) is 9.82. The molecule has 1 N–H and O–H groups in total. The molecule has 3 aromatic rings. The van der Waals surface area contributed by atoms with E-state index in [2.05, 4.69) is 58.7 Å². The van der Waals surface area contributed by atoms with Gasteiger partial charge in [0.05, 0.1) is 11.3 Å². The maximum atomic E-state index is 12.8. The number of benzene rings is 1. The highest BCUT2D eigenvalue weighted by Crippen LogP contribution is 2.45. The fraction of sp³-hybridized carbons (Fsp3) is 0.568. The lowest BCUT2D eigenvalue weighted by Gasteiger charge is -2.41. The molecule has 46 heavy (non-hydrogen) atoms. The largest absolute Gasteiger partial charge is 0.479 e. The van der Waals surface area contributed by atoms with Gasteiger partial charge in [0.1, 0.15) is 5.82 Å². The zero-order chi connectivity index (χ0) is 32.8. The first-order valence-electron chi connectivity index (χ1n) is 16.9.